The van der Waals surface area contributed by atoms with E-state index in [1.54, 1.807) is 18.3 Å². The summed E-state index contributed by atoms with van der Waals surface area (Å²) in [5.74, 6) is 0.501. The molecule has 4 aromatic rings. The molecule has 5 heteroatoms. The Morgan fingerprint density at radius 3 is 2.59 bits per heavy atom. The van der Waals surface area contributed by atoms with Crippen molar-refractivity contribution in [3.05, 3.63) is 94.6 Å². The highest BCUT2D eigenvalue weighted by Gasteiger charge is 2.14. The number of anilines is 1. The molecule has 4 nitrogen and oxygen atoms in total. The molecule has 0 saturated heterocycles. The van der Waals surface area contributed by atoms with Crippen molar-refractivity contribution in [1.29, 1.82) is 0 Å². The zero-order chi connectivity index (χ0) is 20.4. The summed E-state index contributed by atoms with van der Waals surface area (Å²) in [4.78, 5) is 20.5. The Bertz CT molecular complexity index is 1180. The number of aromatic nitrogens is 2. The highest BCUT2D eigenvalue weighted by molar-refractivity contribution is 6.33. The predicted octanol–water partition coefficient (Wildman–Crippen LogP) is 6.27. The molecule has 0 saturated carbocycles. The maximum atomic E-state index is 12.7. The fourth-order valence-electron chi connectivity index (χ4n) is 3.20. The van der Waals surface area contributed by atoms with E-state index >= 15 is 0 Å². The SMILES string of the molecule is Cc1cccc(C(=O)Nc2ccc(Cl)c(-c3ncc(-c4ccccc4)[nH]3)c2)c1C. The van der Waals surface area contributed by atoms with Crippen LogP contribution in [0, 0.1) is 13.8 Å². The molecular weight excluding hydrogens is 382 g/mol. The largest absolute Gasteiger partial charge is 0.338 e. The van der Waals surface area contributed by atoms with E-state index in [4.69, 9.17) is 11.6 Å². The van der Waals surface area contributed by atoms with Gasteiger partial charge in [0.15, 0.2) is 0 Å². The van der Waals surface area contributed by atoms with Gasteiger partial charge < -0.3 is 10.3 Å². The summed E-state index contributed by atoms with van der Waals surface area (Å²) in [5.41, 5.74) is 6.05. The van der Waals surface area contributed by atoms with Crippen molar-refractivity contribution in [2.24, 2.45) is 0 Å². The average Bonchev–Trinajstić information content (AvgIpc) is 3.22. The van der Waals surface area contributed by atoms with Crippen molar-refractivity contribution in [2.75, 3.05) is 5.32 Å². The van der Waals surface area contributed by atoms with Gasteiger partial charge in [0.25, 0.3) is 5.91 Å². The van der Waals surface area contributed by atoms with Crippen molar-refractivity contribution >= 4 is 23.2 Å². The second-order valence-corrected chi connectivity index (χ2v) is 7.31. The van der Waals surface area contributed by atoms with Gasteiger partial charge >= 0.3 is 0 Å². The molecule has 0 fully saturated rings. The van der Waals surface area contributed by atoms with E-state index in [1.165, 1.54) is 0 Å². The third-order valence-electron chi connectivity index (χ3n) is 4.99. The molecule has 0 atom stereocenters. The second kappa shape index (κ2) is 7.94. The lowest BCUT2D eigenvalue weighted by Crippen LogP contribution is -2.13. The van der Waals surface area contributed by atoms with Gasteiger partial charge in [0.05, 0.1) is 16.9 Å². The minimum atomic E-state index is -0.149. The van der Waals surface area contributed by atoms with Crippen molar-refractivity contribution in [2.45, 2.75) is 13.8 Å². The van der Waals surface area contributed by atoms with Gasteiger partial charge in [-0.1, -0.05) is 54.1 Å². The Balaban J connectivity index is 1.62. The van der Waals surface area contributed by atoms with E-state index in [9.17, 15) is 4.79 Å². The number of amides is 1. The van der Waals surface area contributed by atoms with Gasteiger partial charge in [0.2, 0.25) is 0 Å². The zero-order valence-corrected chi connectivity index (χ0v) is 16.9. The molecule has 1 heterocycles. The number of nitrogens with zero attached hydrogens (tertiary/aromatic N) is 1. The van der Waals surface area contributed by atoms with Crippen LogP contribution < -0.4 is 5.32 Å². The van der Waals surface area contributed by atoms with Crippen LogP contribution in [0.25, 0.3) is 22.6 Å². The molecule has 0 radical (unpaired) electrons. The predicted molar refractivity (Wildman–Crippen MR) is 118 cm³/mol. The quantitative estimate of drug-likeness (QED) is 0.423. The molecule has 0 unspecified atom stereocenters. The van der Waals surface area contributed by atoms with E-state index in [2.05, 4.69) is 15.3 Å². The Labute approximate surface area is 174 Å². The topological polar surface area (TPSA) is 57.8 Å². The third kappa shape index (κ3) is 3.93. The van der Waals surface area contributed by atoms with Crippen LogP contribution in [0.4, 0.5) is 5.69 Å². The first-order valence-electron chi connectivity index (χ1n) is 9.31. The lowest BCUT2D eigenvalue weighted by molar-refractivity contribution is 0.102. The molecule has 0 aliphatic carbocycles. The van der Waals surface area contributed by atoms with Gasteiger partial charge in [0, 0.05) is 16.8 Å². The van der Waals surface area contributed by atoms with Crippen molar-refractivity contribution < 1.29 is 4.79 Å². The Morgan fingerprint density at radius 1 is 1.00 bits per heavy atom. The molecule has 0 aliphatic heterocycles. The Hall–Kier alpha value is -3.37. The number of imidazole rings is 1. The number of carbonyl (C=O) groups excluding carboxylic acids is 1. The maximum absolute atomic E-state index is 12.7. The van der Waals surface area contributed by atoms with Gasteiger partial charge in [-0.2, -0.15) is 0 Å². The molecule has 1 aromatic heterocycles. The van der Waals surface area contributed by atoms with Gasteiger partial charge in [-0.25, -0.2) is 4.98 Å². The first-order valence-corrected chi connectivity index (χ1v) is 9.68. The fourth-order valence-corrected chi connectivity index (χ4v) is 3.41. The Kier molecular flexibility index (Phi) is 5.19. The van der Waals surface area contributed by atoms with Crippen LogP contribution in [0.3, 0.4) is 0 Å². The van der Waals surface area contributed by atoms with Crippen molar-refractivity contribution in [3.63, 3.8) is 0 Å². The van der Waals surface area contributed by atoms with Gasteiger partial charge in [-0.05, 0) is 54.8 Å². The zero-order valence-electron chi connectivity index (χ0n) is 16.2. The number of H-pyrrole nitrogens is 1. The van der Waals surface area contributed by atoms with E-state index < -0.39 is 0 Å². The number of hydrogen-bond acceptors (Lipinski definition) is 2. The summed E-state index contributed by atoms with van der Waals surface area (Å²) in [5, 5.41) is 3.52. The number of rotatable bonds is 4. The summed E-state index contributed by atoms with van der Waals surface area (Å²) in [7, 11) is 0. The number of aryl methyl sites for hydroxylation is 1. The summed E-state index contributed by atoms with van der Waals surface area (Å²) < 4.78 is 0. The Morgan fingerprint density at radius 2 is 1.79 bits per heavy atom. The number of carbonyl (C=O) groups is 1. The number of hydrogen-bond donors (Lipinski definition) is 2. The van der Waals surface area contributed by atoms with Crippen LogP contribution in [0.2, 0.25) is 5.02 Å². The van der Waals surface area contributed by atoms with Crippen LogP contribution in [0.1, 0.15) is 21.5 Å². The van der Waals surface area contributed by atoms with Crippen molar-refractivity contribution in [1.82, 2.24) is 9.97 Å². The highest BCUT2D eigenvalue weighted by Crippen LogP contribution is 2.30. The smallest absolute Gasteiger partial charge is 0.255 e. The van der Waals surface area contributed by atoms with E-state index in [0.29, 0.717) is 22.1 Å². The first-order chi connectivity index (χ1) is 14.0. The van der Waals surface area contributed by atoms with E-state index in [0.717, 1.165) is 27.9 Å². The standard InChI is InChI=1S/C24H20ClN3O/c1-15-7-6-10-19(16(15)2)24(29)27-18-11-12-21(25)20(13-18)23-26-14-22(28-23)17-8-4-3-5-9-17/h3-14H,1-2H3,(H,26,28)(H,27,29). The molecule has 29 heavy (non-hydrogen) atoms. The molecule has 4 rings (SSSR count). The van der Waals surface area contributed by atoms with Gasteiger partial charge in [-0.15, -0.1) is 0 Å². The van der Waals surface area contributed by atoms with Crippen LogP contribution in [0.5, 0.6) is 0 Å². The summed E-state index contributed by atoms with van der Waals surface area (Å²) in [6.07, 6.45) is 1.78. The summed E-state index contributed by atoms with van der Waals surface area (Å²) in [6.45, 7) is 3.94. The third-order valence-corrected chi connectivity index (χ3v) is 5.32. The van der Waals surface area contributed by atoms with Gasteiger partial charge in [-0.3, -0.25) is 4.79 Å². The maximum Gasteiger partial charge on any atom is 0.255 e. The van der Waals surface area contributed by atoms with Crippen LogP contribution in [-0.2, 0) is 0 Å². The van der Waals surface area contributed by atoms with Crippen LogP contribution in [-0.4, -0.2) is 15.9 Å². The molecule has 0 aliphatic rings. The van der Waals surface area contributed by atoms with Crippen LogP contribution >= 0.6 is 11.6 Å². The minimum absolute atomic E-state index is 0.149. The first kappa shape index (κ1) is 19.0. The van der Waals surface area contributed by atoms with Gasteiger partial charge in [0.1, 0.15) is 5.82 Å². The fraction of sp³-hybridized carbons (Fsp3) is 0.0833. The lowest BCUT2D eigenvalue weighted by atomic mass is 10.0. The molecule has 0 bridgehead atoms. The molecule has 2 N–H and O–H groups in total. The van der Waals surface area contributed by atoms with Crippen molar-refractivity contribution in [3.8, 4) is 22.6 Å². The summed E-state index contributed by atoms with van der Waals surface area (Å²) >= 11 is 6.41. The molecule has 0 spiro atoms. The summed E-state index contributed by atoms with van der Waals surface area (Å²) in [6, 6.07) is 21.0. The highest BCUT2D eigenvalue weighted by atomic mass is 35.5. The average molecular weight is 402 g/mol. The second-order valence-electron chi connectivity index (χ2n) is 6.91. The number of nitrogens with one attached hydrogen (secondary N) is 2. The lowest BCUT2D eigenvalue weighted by Gasteiger charge is -2.11. The molecule has 1 amide bonds. The number of halogens is 1. The number of benzene rings is 3. The van der Waals surface area contributed by atoms with E-state index in [-0.39, 0.29) is 5.91 Å². The molecule has 144 valence electrons. The molecule has 3 aromatic carbocycles. The minimum Gasteiger partial charge on any atom is -0.338 e. The molecular formula is C24H20ClN3O. The monoisotopic (exact) mass is 401 g/mol. The number of aromatic amines is 1. The van der Waals surface area contributed by atoms with E-state index in [1.807, 2.05) is 68.4 Å². The van der Waals surface area contributed by atoms with Crippen LogP contribution in [0.15, 0.2) is 72.9 Å². The normalized spacial score (nSPS) is 10.7.